The second-order valence-corrected chi connectivity index (χ2v) is 3.78. The average Bonchev–Trinajstić information content (AvgIpc) is 2.29. The van der Waals surface area contributed by atoms with Gasteiger partial charge >= 0.3 is 6.09 Å². The molecule has 0 aliphatic rings. The van der Waals surface area contributed by atoms with Gasteiger partial charge in [0.25, 0.3) is 0 Å². The molecule has 0 spiro atoms. The monoisotopic (exact) mass is 221 g/mol. The van der Waals surface area contributed by atoms with E-state index in [4.69, 9.17) is 4.74 Å². The van der Waals surface area contributed by atoms with Crippen molar-refractivity contribution in [3.05, 3.63) is 29.8 Å². The Balaban J connectivity index is 2.61. The lowest BCUT2D eigenvalue weighted by atomic mass is 9.99. The molecular weight excluding hydrogens is 202 g/mol. The molecule has 1 aromatic carbocycles. The van der Waals surface area contributed by atoms with Crippen LogP contribution in [0.25, 0.3) is 0 Å². The van der Waals surface area contributed by atoms with Gasteiger partial charge in [-0.3, -0.25) is 5.32 Å². The molecule has 0 unspecified atom stereocenters. The summed E-state index contributed by atoms with van der Waals surface area (Å²) in [6.45, 7) is 6.52. The van der Waals surface area contributed by atoms with E-state index < -0.39 is 6.09 Å². The lowest BCUT2D eigenvalue weighted by Gasteiger charge is -2.10. The van der Waals surface area contributed by atoms with E-state index in [0.29, 0.717) is 12.5 Å². The maximum Gasteiger partial charge on any atom is 0.411 e. The van der Waals surface area contributed by atoms with Crippen LogP contribution in [0.4, 0.5) is 10.5 Å². The highest BCUT2D eigenvalue weighted by Crippen LogP contribution is 2.20. The second kappa shape index (κ2) is 6.16. The van der Waals surface area contributed by atoms with Crippen molar-refractivity contribution in [2.24, 2.45) is 0 Å². The number of carbonyl (C=O) groups excluding carboxylic acids is 1. The molecule has 0 fully saturated rings. The van der Waals surface area contributed by atoms with E-state index in [1.54, 1.807) is 6.92 Å². The molecule has 3 heteroatoms. The number of benzene rings is 1. The van der Waals surface area contributed by atoms with Gasteiger partial charge in [-0.1, -0.05) is 26.0 Å². The highest BCUT2D eigenvalue weighted by atomic mass is 16.5. The van der Waals surface area contributed by atoms with Gasteiger partial charge in [-0.05, 0) is 37.0 Å². The Kier molecular flexibility index (Phi) is 4.83. The minimum absolute atomic E-state index is 0.386. The smallest absolute Gasteiger partial charge is 0.411 e. The largest absolute Gasteiger partial charge is 0.450 e. The van der Waals surface area contributed by atoms with Crippen LogP contribution in [0.2, 0.25) is 0 Å². The number of ether oxygens (including phenoxy) is 1. The molecule has 0 saturated carbocycles. The SMILES string of the molecule is CCOC(=O)Nc1ccc([C@@H](C)CC)cc1. The van der Waals surface area contributed by atoms with Crippen molar-refractivity contribution < 1.29 is 9.53 Å². The summed E-state index contributed by atoms with van der Waals surface area (Å²) in [5.74, 6) is 0.552. The maximum atomic E-state index is 11.2. The first-order chi connectivity index (χ1) is 7.67. The molecule has 0 saturated heterocycles. The minimum Gasteiger partial charge on any atom is -0.450 e. The Morgan fingerprint density at radius 3 is 2.44 bits per heavy atom. The average molecular weight is 221 g/mol. The third-order valence-corrected chi connectivity index (χ3v) is 2.61. The third-order valence-electron chi connectivity index (χ3n) is 2.61. The van der Waals surface area contributed by atoms with Gasteiger partial charge in [-0.2, -0.15) is 0 Å². The third kappa shape index (κ3) is 3.57. The van der Waals surface area contributed by atoms with Gasteiger partial charge in [0, 0.05) is 5.69 Å². The molecule has 1 atom stereocenters. The summed E-state index contributed by atoms with van der Waals surface area (Å²) >= 11 is 0. The predicted octanol–water partition coefficient (Wildman–Crippen LogP) is 3.77. The van der Waals surface area contributed by atoms with Crippen LogP contribution in [0, 0.1) is 0 Å². The zero-order valence-corrected chi connectivity index (χ0v) is 10.1. The predicted molar refractivity (Wildman–Crippen MR) is 65.8 cm³/mol. The second-order valence-electron chi connectivity index (χ2n) is 3.78. The molecule has 0 aliphatic carbocycles. The normalized spacial score (nSPS) is 11.9. The fraction of sp³-hybridized carbons (Fsp3) is 0.462. The van der Waals surface area contributed by atoms with E-state index >= 15 is 0 Å². The summed E-state index contributed by atoms with van der Waals surface area (Å²) in [5, 5.41) is 2.67. The fourth-order valence-electron chi connectivity index (χ4n) is 1.42. The van der Waals surface area contributed by atoms with Gasteiger partial charge in [-0.15, -0.1) is 0 Å². The van der Waals surface area contributed by atoms with Crippen LogP contribution in [-0.2, 0) is 4.74 Å². The van der Waals surface area contributed by atoms with Crippen LogP contribution in [0.3, 0.4) is 0 Å². The van der Waals surface area contributed by atoms with Crippen LogP contribution in [-0.4, -0.2) is 12.7 Å². The molecule has 3 nitrogen and oxygen atoms in total. The first-order valence-corrected chi connectivity index (χ1v) is 5.71. The first kappa shape index (κ1) is 12.6. The summed E-state index contributed by atoms with van der Waals surface area (Å²) in [4.78, 5) is 11.2. The number of carbonyl (C=O) groups is 1. The summed E-state index contributed by atoms with van der Waals surface area (Å²) in [5.41, 5.74) is 2.06. The summed E-state index contributed by atoms with van der Waals surface area (Å²) in [7, 11) is 0. The molecule has 1 aromatic rings. The molecular formula is C13H19NO2. The Bertz CT molecular complexity index is 332. The van der Waals surface area contributed by atoms with Crippen LogP contribution >= 0.6 is 0 Å². The van der Waals surface area contributed by atoms with Crippen molar-refractivity contribution >= 4 is 11.8 Å². The van der Waals surface area contributed by atoms with Crippen molar-refractivity contribution in [3.8, 4) is 0 Å². The van der Waals surface area contributed by atoms with Crippen molar-refractivity contribution in [2.75, 3.05) is 11.9 Å². The van der Waals surface area contributed by atoms with Gasteiger partial charge in [0.1, 0.15) is 0 Å². The number of hydrogen-bond acceptors (Lipinski definition) is 2. The highest BCUT2D eigenvalue weighted by molar-refractivity contribution is 5.84. The van der Waals surface area contributed by atoms with E-state index in [1.165, 1.54) is 5.56 Å². The van der Waals surface area contributed by atoms with Crippen molar-refractivity contribution in [3.63, 3.8) is 0 Å². The Morgan fingerprint density at radius 2 is 1.94 bits per heavy atom. The van der Waals surface area contributed by atoms with Crippen LogP contribution in [0.1, 0.15) is 38.7 Å². The van der Waals surface area contributed by atoms with Gasteiger partial charge in [0.05, 0.1) is 6.61 Å². The first-order valence-electron chi connectivity index (χ1n) is 5.71. The van der Waals surface area contributed by atoms with Crippen molar-refractivity contribution in [2.45, 2.75) is 33.1 Å². The van der Waals surface area contributed by atoms with Gasteiger partial charge in [0.15, 0.2) is 0 Å². The van der Waals surface area contributed by atoms with Crippen LogP contribution in [0.15, 0.2) is 24.3 Å². The van der Waals surface area contributed by atoms with E-state index in [0.717, 1.165) is 12.1 Å². The number of nitrogens with one attached hydrogen (secondary N) is 1. The van der Waals surface area contributed by atoms with E-state index in [9.17, 15) is 4.79 Å². The molecule has 1 rings (SSSR count). The lowest BCUT2D eigenvalue weighted by molar-refractivity contribution is 0.168. The minimum atomic E-state index is -0.404. The molecule has 0 aliphatic heterocycles. The molecule has 0 heterocycles. The Morgan fingerprint density at radius 1 is 1.31 bits per heavy atom. The molecule has 1 N–H and O–H groups in total. The number of anilines is 1. The zero-order chi connectivity index (χ0) is 12.0. The number of rotatable bonds is 4. The Labute approximate surface area is 96.8 Å². The number of amides is 1. The van der Waals surface area contributed by atoms with E-state index in [1.807, 2.05) is 24.3 Å². The molecule has 16 heavy (non-hydrogen) atoms. The van der Waals surface area contributed by atoms with E-state index in [2.05, 4.69) is 19.2 Å². The fourth-order valence-corrected chi connectivity index (χ4v) is 1.42. The summed E-state index contributed by atoms with van der Waals surface area (Å²) in [6, 6.07) is 7.88. The van der Waals surface area contributed by atoms with Crippen LogP contribution < -0.4 is 5.32 Å². The van der Waals surface area contributed by atoms with Crippen molar-refractivity contribution in [1.82, 2.24) is 0 Å². The van der Waals surface area contributed by atoms with Crippen molar-refractivity contribution in [1.29, 1.82) is 0 Å². The Hall–Kier alpha value is -1.51. The summed E-state index contributed by atoms with van der Waals surface area (Å²) in [6.07, 6.45) is 0.712. The lowest BCUT2D eigenvalue weighted by Crippen LogP contribution is -2.13. The number of hydrogen-bond donors (Lipinski definition) is 1. The molecule has 0 bridgehead atoms. The maximum absolute atomic E-state index is 11.2. The van der Waals surface area contributed by atoms with Gasteiger partial charge < -0.3 is 4.74 Å². The molecule has 0 radical (unpaired) electrons. The topological polar surface area (TPSA) is 38.3 Å². The van der Waals surface area contributed by atoms with Gasteiger partial charge in [0.2, 0.25) is 0 Å². The van der Waals surface area contributed by atoms with Crippen LogP contribution in [0.5, 0.6) is 0 Å². The molecule has 88 valence electrons. The van der Waals surface area contributed by atoms with Gasteiger partial charge in [-0.25, -0.2) is 4.79 Å². The quantitative estimate of drug-likeness (QED) is 0.840. The molecule has 0 aromatic heterocycles. The van der Waals surface area contributed by atoms with E-state index in [-0.39, 0.29) is 0 Å². The standard InChI is InChI=1S/C13H19NO2/c1-4-10(3)11-6-8-12(9-7-11)14-13(15)16-5-2/h6-10H,4-5H2,1-3H3,(H,14,15)/t10-/m0/s1. The highest BCUT2D eigenvalue weighted by Gasteiger charge is 2.04. The summed E-state index contributed by atoms with van der Waals surface area (Å²) < 4.78 is 4.79. The zero-order valence-electron chi connectivity index (χ0n) is 10.1. The molecule has 1 amide bonds.